The Kier molecular flexibility index (Phi) is 4.04. The summed E-state index contributed by atoms with van der Waals surface area (Å²) in [5.41, 5.74) is 2.51. The van der Waals surface area contributed by atoms with Crippen LogP contribution in [-0.2, 0) is 0 Å². The van der Waals surface area contributed by atoms with Crippen LogP contribution in [0.3, 0.4) is 0 Å². The molecule has 0 bridgehead atoms. The maximum atomic E-state index is 6.32. The maximum absolute atomic E-state index is 6.32. The van der Waals surface area contributed by atoms with Gasteiger partial charge in [0.1, 0.15) is 0 Å². The third-order valence-corrected chi connectivity index (χ3v) is 5.11. The van der Waals surface area contributed by atoms with Gasteiger partial charge in [0.2, 0.25) is 0 Å². The van der Waals surface area contributed by atoms with Crippen molar-refractivity contribution in [1.29, 1.82) is 0 Å². The zero-order chi connectivity index (χ0) is 13.7. The molecule has 0 radical (unpaired) electrons. The largest absolute Gasteiger partial charge is 0.318 e. The molecule has 0 aromatic heterocycles. The van der Waals surface area contributed by atoms with Crippen LogP contribution in [0.5, 0.6) is 0 Å². The standard InChI is InChI=1S/C16H13ClN2S.BrH/c1-10-15(19-8-7-18-16(19)20-10)12-6-5-11-3-2-4-14(17)13(11)9-12;/h2-6,9H,7-8H2,1H3;1H. The first-order chi connectivity index (χ1) is 9.74. The number of aliphatic imine (C=N–C) groups is 1. The molecule has 2 aliphatic heterocycles. The van der Waals surface area contributed by atoms with Crippen molar-refractivity contribution in [3.8, 4) is 0 Å². The first-order valence-electron chi connectivity index (χ1n) is 6.63. The molecule has 0 saturated carbocycles. The van der Waals surface area contributed by atoms with Crippen molar-refractivity contribution in [3.63, 3.8) is 0 Å². The van der Waals surface area contributed by atoms with Gasteiger partial charge in [-0.2, -0.15) is 0 Å². The molecule has 0 N–H and O–H groups in total. The second-order valence-electron chi connectivity index (χ2n) is 5.00. The number of amidine groups is 1. The Morgan fingerprint density at radius 2 is 2.10 bits per heavy atom. The van der Waals surface area contributed by atoms with Crippen LogP contribution >= 0.6 is 40.3 Å². The summed E-state index contributed by atoms with van der Waals surface area (Å²) in [4.78, 5) is 8.17. The van der Waals surface area contributed by atoms with Gasteiger partial charge < -0.3 is 4.90 Å². The number of thioether (sulfide) groups is 1. The van der Waals surface area contributed by atoms with E-state index in [1.807, 2.05) is 12.1 Å². The lowest BCUT2D eigenvalue weighted by molar-refractivity contribution is 0.648. The van der Waals surface area contributed by atoms with Gasteiger partial charge in [0.25, 0.3) is 0 Å². The number of hydrogen-bond acceptors (Lipinski definition) is 3. The smallest absolute Gasteiger partial charge is 0.168 e. The minimum absolute atomic E-state index is 0. The van der Waals surface area contributed by atoms with E-state index in [0.29, 0.717) is 0 Å². The molecule has 0 fully saturated rings. The van der Waals surface area contributed by atoms with Crippen LogP contribution < -0.4 is 0 Å². The van der Waals surface area contributed by atoms with Gasteiger partial charge in [0.15, 0.2) is 5.17 Å². The normalized spacial score (nSPS) is 17.0. The highest BCUT2D eigenvalue weighted by atomic mass is 79.9. The first-order valence-corrected chi connectivity index (χ1v) is 7.83. The fourth-order valence-electron chi connectivity index (χ4n) is 2.84. The lowest BCUT2D eigenvalue weighted by atomic mass is 10.0. The van der Waals surface area contributed by atoms with Gasteiger partial charge >= 0.3 is 0 Å². The van der Waals surface area contributed by atoms with E-state index in [4.69, 9.17) is 11.6 Å². The van der Waals surface area contributed by atoms with E-state index in [1.54, 1.807) is 11.8 Å². The van der Waals surface area contributed by atoms with E-state index in [2.05, 4.69) is 41.1 Å². The second-order valence-corrected chi connectivity index (χ2v) is 6.59. The number of benzene rings is 2. The molecule has 2 nitrogen and oxygen atoms in total. The highest BCUT2D eigenvalue weighted by Gasteiger charge is 2.30. The van der Waals surface area contributed by atoms with E-state index in [-0.39, 0.29) is 17.0 Å². The monoisotopic (exact) mass is 380 g/mol. The molecule has 0 amide bonds. The summed E-state index contributed by atoms with van der Waals surface area (Å²) in [5, 5.41) is 4.24. The molecule has 2 aromatic rings. The molecule has 0 aliphatic carbocycles. The fraction of sp³-hybridized carbons (Fsp3) is 0.188. The van der Waals surface area contributed by atoms with Gasteiger partial charge in [-0.25, -0.2) is 0 Å². The molecule has 2 aromatic carbocycles. The maximum Gasteiger partial charge on any atom is 0.168 e. The summed E-state index contributed by atoms with van der Waals surface area (Å²) in [7, 11) is 0. The van der Waals surface area contributed by atoms with Crippen molar-refractivity contribution in [2.75, 3.05) is 13.1 Å². The van der Waals surface area contributed by atoms with Crippen LogP contribution in [0.15, 0.2) is 46.3 Å². The van der Waals surface area contributed by atoms with Gasteiger partial charge in [0.05, 0.1) is 12.2 Å². The van der Waals surface area contributed by atoms with Crippen LogP contribution in [0.4, 0.5) is 0 Å². The molecular formula is C16H14BrClN2S. The lowest BCUT2D eigenvalue weighted by Crippen LogP contribution is -2.19. The van der Waals surface area contributed by atoms with Gasteiger partial charge in [0, 0.05) is 21.9 Å². The van der Waals surface area contributed by atoms with Crippen molar-refractivity contribution < 1.29 is 0 Å². The Hall–Kier alpha value is -0.970. The molecule has 5 heteroatoms. The summed E-state index contributed by atoms with van der Waals surface area (Å²) in [6.07, 6.45) is 0. The molecule has 4 rings (SSSR count). The van der Waals surface area contributed by atoms with E-state index in [9.17, 15) is 0 Å². The summed E-state index contributed by atoms with van der Waals surface area (Å²) >= 11 is 8.10. The highest BCUT2D eigenvalue weighted by Crippen LogP contribution is 2.42. The number of nitrogens with zero attached hydrogens (tertiary/aromatic N) is 2. The molecule has 0 spiro atoms. The van der Waals surface area contributed by atoms with E-state index in [0.717, 1.165) is 28.7 Å². The van der Waals surface area contributed by atoms with Crippen LogP contribution in [-0.4, -0.2) is 23.2 Å². The minimum atomic E-state index is 0. The molecular weight excluding hydrogens is 368 g/mol. The fourth-order valence-corrected chi connectivity index (χ4v) is 4.12. The molecule has 0 saturated heterocycles. The summed E-state index contributed by atoms with van der Waals surface area (Å²) in [5.74, 6) is 0. The Morgan fingerprint density at radius 1 is 1.24 bits per heavy atom. The first kappa shape index (κ1) is 14.9. The van der Waals surface area contributed by atoms with Gasteiger partial charge in [-0.15, -0.1) is 17.0 Å². The number of fused-ring (bicyclic) bond motifs is 2. The number of halogens is 2. The second kappa shape index (κ2) is 5.67. The van der Waals surface area contributed by atoms with Crippen molar-refractivity contribution in [2.24, 2.45) is 4.99 Å². The molecule has 0 atom stereocenters. The van der Waals surface area contributed by atoms with Gasteiger partial charge in [-0.05, 0) is 30.0 Å². The van der Waals surface area contributed by atoms with Crippen molar-refractivity contribution in [1.82, 2.24) is 4.90 Å². The van der Waals surface area contributed by atoms with E-state index >= 15 is 0 Å². The third-order valence-electron chi connectivity index (χ3n) is 3.75. The van der Waals surface area contributed by atoms with Crippen LogP contribution in [0.2, 0.25) is 5.02 Å². The number of allylic oxidation sites excluding steroid dienone is 1. The zero-order valence-corrected chi connectivity index (χ0v) is 14.8. The van der Waals surface area contributed by atoms with Gasteiger partial charge in [-0.3, -0.25) is 4.99 Å². The third kappa shape index (κ3) is 2.39. The number of rotatable bonds is 1. The molecule has 2 aliphatic rings. The van der Waals surface area contributed by atoms with Crippen molar-refractivity contribution in [2.45, 2.75) is 6.92 Å². The van der Waals surface area contributed by atoms with Crippen LogP contribution in [0, 0.1) is 0 Å². The highest BCUT2D eigenvalue weighted by molar-refractivity contribution is 8.93. The molecule has 108 valence electrons. The Labute approximate surface area is 143 Å². The van der Waals surface area contributed by atoms with E-state index < -0.39 is 0 Å². The Bertz CT molecular complexity index is 785. The SMILES string of the molecule is Br.CC1=C(c2ccc3cccc(Cl)c3c2)N2CCN=C2S1. The van der Waals surface area contributed by atoms with Crippen LogP contribution in [0.25, 0.3) is 16.5 Å². The summed E-state index contributed by atoms with van der Waals surface area (Å²) < 4.78 is 0. The van der Waals surface area contributed by atoms with Crippen molar-refractivity contribution in [3.05, 3.63) is 51.9 Å². The predicted molar refractivity (Wildman–Crippen MR) is 98.5 cm³/mol. The zero-order valence-electron chi connectivity index (χ0n) is 11.5. The molecule has 21 heavy (non-hydrogen) atoms. The van der Waals surface area contributed by atoms with Gasteiger partial charge in [-0.1, -0.05) is 47.6 Å². The Balaban J connectivity index is 0.00000132. The summed E-state index contributed by atoms with van der Waals surface area (Å²) in [6, 6.07) is 12.6. The average molecular weight is 382 g/mol. The topological polar surface area (TPSA) is 15.6 Å². The summed E-state index contributed by atoms with van der Waals surface area (Å²) in [6.45, 7) is 4.04. The molecule has 2 heterocycles. The molecule has 0 unspecified atom stereocenters. The average Bonchev–Trinajstić information content (AvgIpc) is 2.99. The predicted octanol–water partition coefficient (Wildman–Crippen LogP) is 5.18. The Morgan fingerprint density at radius 3 is 2.95 bits per heavy atom. The van der Waals surface area contributed by atoms with Crippen LogP contribution in [0.1, 0.15) is 12.5 Å². The van der Waals surface area contributed by atoms with Crippen molar-refractivity contribution >= 4 is 62.0 Å². The number of hydrogen-bond donors (Lipinski definition) is 0. The minimum Gasteiger partial charge on any atom is -0.318 e. The van der Waals surface area contributed by atoms with E-state index in [1.165, 1.54) is 21.6 Å². The lowest BCUT2D eigenvalue weighted by Gasteiger charge is -2.17. The quantitative estimate of drug-likeness (QED) is 0.676.